The molecule has 16 heavy (non-hydrogen) atoms. The molecular weight excluding hydrogens is 202 g/mol. The first-order valence-electron chi connectivity index (χ1n) is 5.93. The summed E-state index contributed by atoms with van der Waals surface area (Å²) < 4.78 is 11.0. The molecule has 1 heterocycles. The molecule has 0 bridgehead atoms. The van der Waals surface area contributed by atoms with Crippen LogP contribution in [0, 0.1) is 5.92 Å². The Bertz CT molecular complexity index is 388. The Labute approximate surface area is 95.8 Å². The van der Waals surface area contributed by atoms with E-state index in [0.29, 0.717) is 12.7 Å². The minimum Gasteiger partial charge on any atom is -0.454 e. The van der Waals surface area contributed by atoms with Crippen LogP contribution in [0.5, 0.6) is 11.5 Å². The van der Waals surface area contributed by atoms with Crippen molar-refractivity contribution in [2.45, 2.75) is 18.8 Å². The van der Waals surface area contributed by atoms with E-state index in [-0.39, 0.29) is 0 Å². The number of para-hydroxylation sites is 1. The molecule has 86 valence electrons. The van der Waals surface area contributed by atoms with Gasteiger partial charge in [-0.2, -0.15) is 0 Å². The highest BCUT2D eigenvalue weighted by Crippen LogP contribution is 2.48. The van der Waals surface area contributed by atoms with Crippen LogP contribution in [0.4, 0.5) is 0 Å². The number of likely N-dealkylation sites (N-methyl/N-ethyl adjacent to an activating group) is 1. The third-order valence-electron chi connectivity index (χ3n) is 3.44. The van der Waals surface area contributed by atoms with Crippen molar-refractivity contribution in [1.29, 1.82) is 0 Å². The zero-order chi connectivity index (χ0) is 11.0. The van der Waals surface area contributed by atoms with Crippen LogP contribution in [0.15, 0.2) is 18.2 Å². The maximum Gasteiger partial charge on any atom is 0.231 e. The van der Waals surface area contributed by atoms with E-state index in [1.54, 1.807) is 0 Å². The van der Waals surface area contributed by atoms with Gasteiger partial charge >= 0.3 is 0 Å². The van der Waals surface area contributed by atoms with Gasteiger partial charge in [-0.05, 0) is 31.9 Å². The Balaban J connectivity index is 1.94. The first-order chi connectivity index (χ1) is 7.90. The van der Waals surface area contributed by atoms with Crippen LogP contribution in [0.1, 0.15) is 24.3 Å². The number of fused-ring (bicyclic) bond motifs is 1. The van der Waals surface area contributed by atoms with Crippen LogP contribution >= 0.6 is 0 Å². The van der Waals surface area contributed by atoms with Crippen molar-refractivity contribution in [3.8, 4) is 11.5 Å². The number of nitrogens with one attached hydrogen (secondary N) is 1. The molecule has 1 unspecified atom stereocenters. The van der Waals surface area contributed by atoms with Crippen LogP contribution in [-0.2, 0) is 0 Å². The molecule has 3 heteroatoms. The van der Waals surface area contributed by atoms with E-state index in [1.807, 2.05) is 13.1 Å². The summed E-state index contributed by atoms with van der Waals surface area (Å²) in [7, 11) is 2.01. The SMILES string of the molecule is CNCC(c1cccc2c1OCO2)C1CC1. The van der Waals surface area contributed by atoms with Crippen LogP contribution < -0.4 is 14.8 Å². The summed E-state index contributed by atoms with van der Waals surface area (Å²) in [6.07, 6.45) is 2.69. The number of rotatable bonds is 4. The van der Waals surface area contributed by atoms with E-state index in [9.17, 15) is 0 Å². The monoisotopic (exact) mass is 219 g/mol. The lowest BCUT2D eigenvalue weighted by molar-refractivity contribution is 0.172. The van der Waals surface area contributed by atoms with Crippen molar-refractivity contribution in [3.05, 3.63) is 23.8 Å². The fourth-order valence-electron chi connectivity index (χ4n) is 2.49. The lowest BCUT2D eigenvalue weighted by atomic mass is 9.93. The second-order valence-corrected chi connectivity index (χ2v) is 4.58. The highest BCUT2D eigenvalue weighted by Gasteiger charge is 2.35. The van der Waals surface area contributed by atoms with Crippen molar-refractivity contribution >= 4 is 0 Å². The number of hydrogen-bond acceptors (Lipinski definition) is 3. The molecule has 1 atom stereocenters. The van der Waals surface area contributed by atoms with Gasteiger partial charge in [-0.1, -0.05) is 12.1 Å². The Morgan fingerprint density at radius 1 is 1.38 bits per heavy atom. The Morgan fingerprint density at radius 2 is 2.25 bits per heavy atom. The molecule has 1 aliphatic heterocycles. The molecule has 0 radical (unpaired) electrons. The van der Waals surface area contributed by atoms with E-state index in [4.69, 9.17) is 9.47 Å². The second-order valence-electron chi connectivity index (χ2n) is 4.58. The van der Waals surface area contributed by atoms with E-state index < -0.39 is 0 Å². The predicted molar refractivity (Wildman–Crippen MR) is 62.0 cm³/mol. The number of ether oxygens (including phenoxy) is 2. The van der Waals surface area contributed by atoms with Gasteiger partial charge in [0.1, 0.15) is 0 Å². The lowest BCUT2D eigenvalue weighted by Gasteiger charge is -2.17. The number of hydrogen-bond donors (Lipinski definition) is 1. The molecule has 1 aliphatic carbocycles. The first-order valence-corrected chi connectivity index (χ1v) is 5.93. The molecule has 0 spiro atoms. The van der Waals surface area contributed by atoms with Crippen molar-refractivity contribution in [1.82, 2.24) is 5.32 Å². The third-order valence-corrected chi connectivity index (χ3v) is 3.44. The number of benzene rings is 1. The van der Waals surface area contributed by atoms with Gasteiger partial charge in [0.15, 0.2) is 11.5 Å². The lowest BCUT2D eigenvalue weighted by Crippen LogP contribution is -2.19. The summed E-state index contributed by atoms with van der Waals surface area (Å²) in [5.41, 5.74) is 1.31. The van der Waals surface area contributed by atoms with Gasteiger partial charge in [-0.25, -0.2) is 0 Å². The first kappa shape index (κ1) is 9.97. The summed E-state index contributed by atoms with van der Waals surface area (Å²) in [6.45, 7) is 1.38. The van der Waals surface area contributed by atoms with Gasteiger partial charge in [0.2, 0.25) is 6.79 Å². The van der Waals surface area contributed by atoms with E-state index >= 15 is 0 Å². The van der Waals surface area contributed by atoms with Gasteiger partial charge in [0.25, 0.3) is 0 Å². The zero-order valence-corrected chi connectivity index (χ0v) is 9.53. The molecule has 0 aromatic heterocycles. The van der Waals surface area contributed by atoms with E-state index in [1.165, 1.54) is 18.4 Å². The third kappa shape index (κ3) is 1.65. The minimum absolute atomic E-state index is 0.364. The highest BCUT2D eigenvalue weighted by atomic mass is 16.7. The van der Waals surface area contributed by atoms with Gasteiger partial charge in [0.05, 0.1) is 0 Å². The summed E-state index contributed by atoms with van der Waals surface area (Å²) in [6, 6.07) is 6.22. The molecule has 3 rings (SSSR count). The Morgan fingerprint density at radius 3 is 3.00 bits per heavy atom. The Kier molecular flexibility index (Phi) is 2.48. The van der Waals surface area contributed by atoms with Crippen LogP contribution in [0.25, 0.3) is 0 Å². The summed E-state index contributed by atoms with van der Waals surface area (Å²) in [4.78, 5) is 0. The van der Waals surface area contributed by atoms with Crippen LogP contribution in [0.2, 0.25) is 0 Å². The fraction of sp³-hybridized carbons (Fsp3) is 0.538. The molecule has 1 fully saturated rings. The molecule has 3 nitrogen and oxygen atoms in total. The molecule has 0 saturated heterocycles. The maximum absolute atomic E-state index is 5.58. The van der Waals surface area contributed by atoms with Gasteiger partial charge < -0.3 is 14.8 Å². The normalized spacial score (nSPS) is 19.8. The average molecular weight is 219 g/mol. The van der Waals surface area contributed by atoms with Crippen molar-refractivity contribution in [2.24, 2.45) is 5.92 Å². The summed E-state index contributed by atoms with van der Waals surface area (Å²) in [5, 5.41) is 3.28. The largest absolute Gasteiger partial charge is 0.454 e. The topological polar surface area (TPSA) is 30.5 Å². The van der Waals surface area contributed by atoms with Crippen LogP contribution in [-0.4, -0.2) is 20.4 Å². The van der Waals surface area contributed by atoms with Gasteiger partial charge in [0, 0.05) is 18.0 Å². The molecule has 0 amide bonds. The maximum atomic E-state index is 5.58. The minimum atomic E-state index is 0.364. The second kappa shape index (κ2) is 3.98. The van der Waals surface area contributed by atoms with Gasteiger partial charge in [-0.15, -0.1) is 0 Å². The van der Waals surface area contributed by atoms with Crippen molar-refractivity contribution in [2.75, 3.05) is 20.4 Å². The zero-order valence-electron chi connectivity index (χ0n) is 9.53. The quantitative estimate of drug-likeness (QED) is 0.841. The van der Waals surface area contributed by atoms with Crippen molar-refractivity contribution in [3.63, 3.8) is 0 Å². The van der Waals surface area contributed by atoms with E-state index in [2.05, 4.69) is 17.4 Å². The Hall–Kier alpha value is -1.22. The van der Waals surface area contributed by atoms with E-state index in [0.717, 1.165) is 24.0 Å². The molecule has 1 saturated carbocycles. The van der Waals surface area contributed by atoms with Gasteiger partial charge in [-0.3, -0.25) is 0 Å². The highest BCUT2D eigenvalue weighted by molar-refractivity contribution is 5.50. The predicted octanol–water partition coefficient (Wildman–Crippen LogP) is 2.13. The average Bonchev–Trinajstić information content (AvgIpc) is 3.02. The molecule has 1 aromatic carbocycles. The fourth-order valence-corrected chi connectivity index (χ4v) is 2.49. The summed E-state index contributed by atoms with van der Waals surface area (Å²) in [5.74, 6) is 3.26. The molecular formula is C13H17NO2. The molecule has 2 aliphatic rings. The smallest absolute Gasteiger partial charge is 0.231 e. The molecule has 1 N–H and O–H groups in total. The van der Waals surface area contributed by atoms with Crippen LogP contribution in [0.3, 0.4) is 0 Å². The van der Waals surface area contributed by atoms with Crippen molar-refractivity contribution < 1.29 is 9.47 Å². The summed E-state index contributed by atoms with van der Waals surface area (Å²) >= 11 is 0. The molecule has 1 aromatic rings. The standard InChI is InChI=1S/C13H17NO2/c1-14-7-11(9-5-6-9)10-3-2-4-12-13(10)16-8-15-12/h2-4,9,11,14H,5-8H2,1H3.